The van der Waals surface area contributed by atoms with E-state index in [4.69, 9.17) is 5.73 Å². The molecular formula is C17H18FN3O2S. The first-order valence-corrected chi connectivity index (χ1v) is 8.68. The number of carbonyl (C=O) groups is 2. The van der Waals surface area contributed by atoms with Gasteiger partial charge in [-0.3, -0.25) is 9.59 Å². The van der Waals surface area contributed by atoms with Gasteiger partial charge in [-0.15, -0.1) is 11.3 Å². The second-order valence-electron chi connectivity index (χ2n) is 5.91. The lowest BCUT2D eigenvalue weighted by Gasteiger charge is -2.31. The van der Waals surface area contributed by atoms with Crippen LogP contribution in [0.5, 0.6) is 0 Å². The van der Waals surface area contributed by atoms with Crippen LogP contribution in [-0.4, -0.2) is 34.8 Å². The molecule has 0 bridgehead atoms. The number of rotatable bonds is 4. The van der Waals surface area contributed by atoms with Gasteiger partial charge in [0, 0.05) is 24.0 Å². The van der Waals surface area contributed by atoms with Gasteiger partial charge in [0.25, 0.3) is 0 Å². The molecule has 0 aliphatic carbocycles. The number of nitrogens with two attached hydrogens (primary N) is 1. The van der Waals surface area contributed by atoms with Gasteiger partial charge in [-0.2, -0.15) is 0 Å². The third-order valence-electron chi connectivity index (χ3n) is 4.13. The summed E-state index contributed by atoms with van der Waals surface area (Å²) < 4.78 is 13.3. The van der Waals surface area contributed by atoms with Crippen molar-refractivity contribution in [2.45, 2.75) is 19.3 Å². The summed E-state index contributed by atoms with van der Waals surface area (Å²) >= 11 is 1.38. The number of nitrogens with zero attached hydrogens (tertiary/aromatic N) is 2. The van der Waals surface area contributed by atoms with Crippen LogP contribution in [0.25, 0.3) is 10.6 Å². The Kier molecular flexibility index (Phi) is 4.89. The number of primary amides is 1. The zero-order chi connectivity index (χ0) is 17.1. The number of piperidine rings is 1. The average molecular weight is 347 g/mol. The van der Waals surface area contributed by atoms with Crippen LogP contribution in [0.4, 0.5) is 4.39 Å². The lowest BCUT2D eigenvalue weighted by Crippen LogP contribution is -2.44. The Morgan fingerprint density at radius 3 is 3.00 bits per heavy atom. The molecule has 0 radical (unpaired) electrons. The van der Waals surface area contributed by atoms with Crippen LogP contribution in [0.15, 0.2) is 29.6 Å². The molecule has 1 aliphatic heterocycles. The minimum Gasteiger partial charge on any atom is -0.369 e. The first-order valence-electron chi connectivity index (χ1n) is 7.80. The molecule has 2 N–H and O–H groups in total. The van der Waals surface area contributed by atoms with Crippen molar-refractivity contribution in [2.24, 2.45) is 11.7 Å². The van der Waals surface area contributed by atoms with Crippen LogP contribution in [0.1, 0.15) is 18.5 Å². The summed E-state index contributed by atoms with van der Waals surface area (Å²) in [5.74, 6) is -0.987. The quantitative estimate of drug-likeness (QED) is 0.921. The summed E-state index contributed by atoms with van der Waals surface area (Å²) in [6, 6.07) is 6.23. The number of hydrogen-bond donors (Lipinski definition) is 1. The number of thiazole rings is 1. The molecule has 0 spiro atoms. The smallest absolute Gasteiger partial charge is 0.228 e. The van der Waals surface area contributed by atoms with Crippen LogP contribution < -0.4 is 5.73 Å². The number of halogens is 1. The van der Waals surface area contributed by atoms with Crippen LogP contribution in [0, 0.1) is 11.7 Å². The number of hydrogen-bond acceptors (Lipinski definition) is 4. The summed E-state index contributed by atoms with van der Waals surface area (Å²) in [6.45, 7) is 1.03. The zero-order valence-electron chi connectivity index (χ0n) is 13.1. The highest BCUT2D eigenvalue weighted by molar-refractivity contribution is 7.13. The Balaban J connectivity index is 1.66. The maximum absolute atomic E-state index is 13.3. The molecule has 2 heterocycles. The lowest BCUT2D eigenvalue weighted by atomic mass is 9.97. The van der Waals surface area contributed by atoms with Gasteiger partial charge < -0.3 is 10.6 Å². The number of benzene rings is 1. The van der Waals surface area contributed by atoms with Crippen molar-refractivity contribution in [1.29, 1.82) is 0 Å². The second kappa shape index (κ2) is 7.09. The molecule has 126 valence electrons. The largest absolute Gasteiger partial charge is 0.369 e. The second-order valence-corrected chi connectivity index (χ2v) is 6.77. The van der Waals surface area contributed by atoms with Gasteiger partial charge in [0.15, 0.2) is 0 Å². The Labute approximate surface area is 143 Å². The van der Waals surface area contributed by atoms with E-state index in [0.717, 1.165) is 12.8 Å². The van der Waals surface area contributed by atoms with Crippen molar-refractivity contribution < 1.29 is 14.0 Å². The number of likely N-dealkylation sites (tertiary alicyclic amines) is 1. The Bertz CT molecular complexity index is 762. The van der Waals surface area contributed by atoms with Gasteiger partial charge in [-0.1, -0.05) is 12.1 Å². The van der Waals surface area contributed by atoms with Crippen LogP contribution in [-0.2, 0) is 16.0 Å². The average Bonchev–Trinajstić information content (AvgIpc) is 3.03. The molecule has 1 aromatic carbocycles. The van der Waals surface area contributed by atoms with E-state index in [-0.39, 0.29) is 30.0 Å². The fraction of sp³-hybridized carbons (Fsp3) is 0.353. The topological polar surface area (TPSA) is 76.3 Å². The highest BCUT2D eigenvalue weighted by Gasteiger charge is 2.27. The fourth-order valence-electron chi connectivity index (χ4n) is 2.84. The van der Waals surface area contributed by atoms with Crippen molar-refractivity contribution in [3.05, 3.63) is 41.2 Å². The zero-order valence-corrected chi connectivity index (χ0v) is 13.9. The summed E-state index contributed by atoms with van der Waals surface area (Å²) in [6.07, 6.45) is 1.70. The monoisotopic (exact) mass is 347 g/mol. The summed E-state index contributed by atoms with van der Waals surface area (Å²) in [7, 11) is 0. The van der Waals surface area contributed by atoms with Crippen molar-refractivity contribution in [2.75, 3.05) is 13.1 Å². The van der Waals surface area contributed by atoms with E-state index >= 15 is 0 Å². The van der Waals surface area contributed by atoms with E-state index in [9.17, 15) is 14.0 Å². The minimum absolute atomic E-state index is 0.0583. The van der Waals surface area contributed by atoms with Gasteiger partial charge in [0.05, 0.1) is 18.0 Å². The minimum atomic E-state index is -0.352. The molecule has 1 aromatic heterocycles. The van der Waals surface area contributed by atoms with Gasteiger partial charge >= 0.3 is 0 Å². The predicted octanol–water partition coefficient (Wildman–Crippen LogP) is 2.22. The van der Waals surface area contributed by atoms with Gasteiger partial charge in [-0.25, -0.2) is 9.37 Å². The van der Waals surface area contributed by atoms with Gasteiger partial charge in [0.2, 0.25) is 11.8 Å². The highest BCUT2D eigenvalue weighted by atomic mass is 32.1. The molecular weight excluding hydrogens is 329 g/mol. The molecule has 0 unspecified atom stereocenters. The molecule has 3 rings (SSSR count). The molecule has 1 atom stereocenters. The molecule has 0 saturated carbocycles. The number of aromatic nitrogens is 1. The van der Waals surface area contributed by atoms with Crippen LogP contribution >= 0.6 is 11.3 Å². The van der Waals surface area contributed by atoms with Gasteiger partial charge in [-0.05, 0) is 25.0 Å². The first kappa shape index (κ1) is 16.6. The van der Waals surface area contributed by atoms with E-state index in [1.807, 2.05) is 5.38 Å². The third kappa shape index (κ3) is 3.79. The summed E-state index contributed by atoms with van der Waals surface area (Å²) in [5.41, 5.74) is 6.70. The fourth-order valence-corrected chi connectivity index (χ4v) is 3.66. The highest BCUT2D eigenvalue weighted by Crippen LogP contribution is 2.25. The number of amides is 2. The Morgan fingerprint density at radius 2 is 2.25 bits per heavy atom. The lowest BCUT2D eigenvalue weighted by molar-refractivity contribution is -0.134. The van der Waals surface area contributed by atoms with E-state index in [1.165, 1.54) is 23.5 Å². The first-order chi connectivity index (χ1) is 11.5. The Hall–Kier alpha value is -2.28. The molecule has 1 fully saturated rings. The SMILES string of the molecule is NC(=O)[C@@H]1CCCN(C(=O)Cc2csc(-c3cccc(F)c3)n2)C1. The normalized spacial score (nSPS) is 17.7. The predicted molar refractivity (Wildman–Crippen MR) is 89.7 cm³/mol. The Morgan fingerprint density at radius 1 is 1.42 bits per heavy atom. The van der Waals surface area contributed by atoms with Crippen molar-refractivity contribution >= 4 is 23.2 Å². The number of carbonyl (C=O) groups excluding carboxylic acids is 2. The van der Waals surface area contributed by atoms with Gasteiger partial charge in [0.1, 0.15) is 10.8 Å². The molecule has 1 aliphatic rings. The van der Waals surface area contributed by atoms with Crippen molar-refractivity contribution in [3.8, 4) is 10.6 Å². The van der Waals surface area contributed by atoms with E-state index in [0.29, 0.717) is 29.4 Å². The van der Waals surface area contributed by atoms with Crippen molar-refractivity contribution in [1.82, 2.24) is 9.88 Å². The molecule has 2 amide bonds. The molecule has 1 saturated heterocycles. The van der Waals surface area contributed by atoms with E-state index < -0.39 is 0 Å². The standard InChI is InChI=1S/C17H18FN3O2S/c18-13-5-1-3-11(7-13)17-20-14(10-24-17)8-15(22)21-6-2-4-12(9-21)16(19)23/h1,3,5,7,10,12H,2,4,6,8-9H2,(H2,19,23)/t12-/m1/s1. The maximum Gasteiger partial charge on any atom is 0.228 e. The van der Waals surface area contributed by atoms with E-state index in [1.54, 1.807) is 17.0 Å². The van der Waals surface area contributed by atoms with E-state index in [2.05, 4.69) is 4.98 Å². The summed E-state index contributed by atoms with van der Waals surface area (Å²) in [4.78, 5) is 29.8. The third-order valence-corrected chi connectivity index (χ3v) is 5.07. The molecule has 5 nitrogen and oxygen atoms in total. The van der Waals surface area contributed by atoms with Crippen LogP contribution in [0.2, 0.25) is 0 Å². The molecule has 7 heteroatoms. The van der Waals surface area contributed by atoms with Crippen molar-refractivity contribution in [3.63, 3.8) is 0 Å². The molecule has 24 heavy (non-hydrogen) atoms. The molecule has 2 aromatic rings. The van der Waals surface area contributed by atoms with Crippen LogP contribution in [0.3, 0.4) is 0 Å². The maximum atomic E-state index is 13.3. The summed E-state index contributed by atoms with van der Waals surface area (Å²) in [5, 5.41) is 2.50.